The molecule has 0 saturated heterocycles. The summed E-state index contributed by atoms with van der Waals surface area (Å²) in [6.07, 6.45) is -0.770. The first-order valence-corrected chi connectivity index (χ1v) is 11.4. The lowest BCUT2D eigenvalue weighted by Gasteiger charge is -2.24. The number of carbonyl (C=O) groups excluding carboxylic acids is 4. The number of nitrogens with one attached hydrogen (secondary N) is 2. The molecule has 0 heterocycles. The number of hydrogen-bond donors (Lipinski definition) is 3. The Morgan fingerprint density at radius 2 is 1.43 bits per heavy atom. The lowest BCUT2D eigenvalue weighted by molar-refractivity contribution is -0.145. The molecule has 35 heavy (non-hydrogen) atoms. The summed E-state index contributed by atoms with van der Waals surface area (Å²) in [4.78, 5) is 49.4. The molecule has 0 fully saturated rings. The molecule has 2 rings (SSSR count). The number of hydrogen-bond acceptors (Lipinski definition) is 6. The first kappa shape index (κ1) is 27.4. The zero-order chi connectivity index (χ0) is 25.8. The molecule has 188 valence electrons. The van der Waals surface area contributed by atoms with Crippen molar-refractivity contribution in [3.8, 4) is 0 Å². The second-order valence-electron chi connectivity index (χ2n) is 9.04. The highest BCUT2D eigenvalue weighted by atomic mass is 16.6. The second-order valence-corrected chi connectivity index (χ2v) is 9.04. The van der Waals surface area contributed by atoms with E-state index in [4.69, 9.17) is 15.2 Å². The van der Waals surface area contributed by atoms with Gasteiger partial charge in [-0.25, -0.2) is 4.79 Å². The Hall–Kier alpha value is -3.88. The van der Waals surface area contributed by atoms with E-state index in [-0.39, 0.29) is 25.9 Å². The van der Waals surface area contributed by atoms with E-state index in [1.807, 2.05) is 60.7 Å². The van der Waals surface area contributed by atoms with Crippen molar-refractivity contribution in [2.45, 2.75) is 64.3 Å². The number of nitrogens with two attached hydrogens (primary N) is 1. The number of rotatable bonds is 11. The van der Waals surface area contributed by atoms with Gasteiger partial charge in [0.2, 0.25) is 11.8 Å². The molecule has 3 amide bonds. The molecule has 0 aromatic heterocycles. The van der Waals surface area contributed by atoms with Crippen molar-refractivity contribution < 1.29 is 28.7 Å². The maximum Gasteiger partial charge on any atom is 0.408 e. The van der Waals surface area contributed by atoms with Gasteiger partial charge in [0.1, 0.15) is 24.3 Å². The van der Waals surface area contributed by atoms with Gasteiger partial charge in [-0.15, -0.1) is 0 Å². The third-order valence-corrected chi connectivity index (χ3v) is 4.83. The van der Waals surface area contributed by atoms with Gasteiger partial charge in [0.15, 0.2) is 0 Å². The fourth-order valence-corrected chi connectivity index (χ4v) is 3.14. The average molecular weight is 484 g/mol. The van der Waals surface area contributed by atoms with E-state index in [1.165, 1.54) is 0 Å². The van der Waals surface area contributed by atoms with Crippen LogP contribution in [0.15, 0.2) is 60.7 Å². The van der Waals surface area contributed by atoms with Crippen LogP contribution >= 0.6 is 0 Å². The molecule has 2 aromatic carbocycles. The number of benzene rings is 2. The summed E-state index contributed by atoms with van der Waals surface area (Å²) in [6.45, 7) is 5.22. The number of carbonyl (C=O) groups is 4. The summed E-state index contributed by atoms with van der Waals surface area (Å²) in [5.74, 6) is -1.95. The largest absolute Gasteiger partial charge is 0.461 e. The molecule has 0 aliphatic carbocycles. The molecule has 0 unspecified atom stereocenters. The molecule has 0 radical (unpaired) electrons. The number of esters is 1. The van der Waals surface area contributed by atoms with E-state index in [2.05, 4.69) is 10.6 Å². The van der Waals surface area contributed by atoms with Crippen LogP contribution in [-0.2, 0) is 36.9 Å². The summed E-state index contributed by atoms with van der Waals surface area (Å²) in [5.41, 5.74) is 6.33. The van der Waals surface area contributed by atoms with Crippen LogP contribution in [0, 0.1) is 0 Å². The quantitative estimate of drug-likeness (QED) is 0.420. The van der Waals surface area contributed by atoms with Gasteiger partial charge < -0.3 is 25.8 Å². The molecule has 0 bridgehead atoms. The first-order chi connectivity index (χ1) is 16.5. The highest BCUT2D eigenvalue weighted by Crippen LogP contribution is 2.10. The fraction of sp³-hybridized carbons (Fsp3) is 0.385. The summed E-state index contributed by atoms with van der Waals surface area (Å²) in [6, 6.07) is 16.1. The van der Waals surface area contributed by atoms with E-state index in [0.29, 0.717) is 0 Å². The topological polar surface area (TPSA) is 137 Å². The fourth-order valence-electron chi connectivity index (χ4n) is 3.14. The van der Waals surface area contributed by atoms with Gasteiger partial charge in [-0.2, -0.15) is 0 Å². The van der Waals surface area contributed by atoms with Gasteiger partial charge in [0.25, 0.3) is 0 Å². The molecule has 2 atom stereocenters. The highest BCUT2D eigenvalue weighted by molar-refractivity contribution is 5.91. The number of primary amides is 1. The Kier molecular flexibility index (Phi) is 10.3. The van der Waals surface area contributed by atoms with E-state index in [1.54, 1.807) is 20.8 Å². The van der Waals surface area contributed by atoms with Crippen LogP contribution in [-0.4, -0.2) is 41.6 Å². The van der Waals surface area contributed by atoms with Crippen molar-refractivity contribution in [1.82, 2.24) is 10.6 Å². The summed E-state index contributed by atoms with van der Waals surface area (Å²) in [7, 11) is 0. The van der Waals surface area contributed by atoms with Crippen LogP contribution in [0.2, 0.25) is 0 Å². The lowest BCUT2D eigenvalue weighted by Crippen LogP contribution is -2.54. The standard InChI is InChI=1S/C26H33N3O6/c1-26(2,3)35-25(33)29-21(16-18-10-6-4-7-11-18)24(32)28-20(23(27)31)14-15-22(30)34-17-19-12-8-5-9-13-19/h4-13,20-21H,14-17H2,1-3H3,(H2,27,31)(H,28,32)(H,29,33)/t20-,21+/m1/s1. The maximum absolute atomic E-state index is 13.0. The predicted molar refractivity (Wildman–Crippen MR) is 130 cm³/mol. The Bertz CT molecular complexity index is 989. The summed E-state index contributed by atoms with van der Waals surface area (Å²) >= 11 is 0. The van der Waals surface area contributed by atoms with Crippen molar-refractivity contribution in [2.75, 3.05) is 0 Å². The number of amides is 3. The summed E-state index contributed by atoms with van der Waals surface area (Å²) < 4.78 is 10.5. The lowest BCUT2D eigenvalue weighted by atomic mass is 10.0. The minimum atomic E-state index is -1.12. The van der Waals surface area contributed by atoms with Crippen molar-refractivity contribution in [2.24, 2.45) is 5.73 Å². The predicted octanol–water partition coefficient (Wildman–Crippen LogP) is 2.62. The van der Waals surface area contributed by atoms with Crippen LogP contribution in [0.3, 0.4) is 0 Å². The smallest absolute Gasteiger partial charge is 0.408 e. The molecule has 2 aromatic rings. The normalized spacial score (nSPS) is 12.7. The van der Waals surface area contributed by atoms with Gasteiger partial charge in [-0.05, 0) is 38.3 Å². The Morgan fingerprint density at radius 3 is 1.97 bits per heavy atom. The van der Waals surface area contributed by atoms with Crippen LogP contribution in [0.4, 0.5) is 4.79 Å². The van der Waals surface area contributed by atoms with E-state index in [9.17, 15) is 19.2 Å². The van der Waals surface area contributed by atoms with Crippen molar-refractivity contribution in [1.29, 1.82) is 0 Å². The molecular formula is C26H33N3O6. The van der Waals surface area contributed by atoms with Crippen LogP contribution in [0.1, 0.15) is 44.7 Å². The Morgan fingerprint density at radius 1 is 0.857 bits per heavy atom. The van der Waals surface area contributed by atoms with Gasteiger partial charge in [-0.3, -0.25) is 14.4 Å². The molecule has 9 nitrogen and oxygen atoms in total. The molecule has 0 saturated carbocycles. The third kappa shape index (κ3) is 10.7. The molecule has 0 spiro atoms. The SMILES string of the molecule is CC(C)(C)OC(=O)N[C@@H](Cc1ccccc1)C(=O)N[C@H](CCC(=O)OCc1ccccc1)C(N)=O. The number of ether oxygens (including phenoxy) is 2. The molecule has 0 aliphatic rings. The van der Waals surface area contributed by atoms with Crippen LogP contribution < -0.4 is 16.4 Å². The molecular weight excluding hydrogens is 450 g/mol. The zero-order valence-corrected chi connectivity index (χ0v) is 20.3. The van der Waals surface area contributed by atoms with Gasteiger partial charge in [0.05, 0.1) is 0 Å². The van der Waals surface area contributed by atoms with Gasteiger partial charge >= 0.3 is 12.1 Å². The van der Waals surface area contributed by atoms with Crippen molar-refractivity contribution in [3.63, 3.8) is 0 Å². The van der Waals surface area contributed by atoms with Crippen LogP contribution in [0.25, 0.3) is 0 Å². The average Bonchev–Trinajstić information content (AvgIpc) is 2.79. The summed E-state index contributed by atoms with van der Waals surface area (Å²) in [5, 5.41) is 5.10. The zero-order valence-electron chi connectivity index (χ0n) is 20.3. The van der Waals surface area contributed by atoms with E-state index in [0.717, 1.165) is 11.1 Å². The van der Waals surface area contributed by atoms with Gasteiger partial charge in [0, 0.05) is 12.8 Å². The first-order valence-electron chi connectivity index (χ1n) is 11.4. The second kappa shape index (κ2) is 13.1. The molecule has 4 N–H and O–H groups in total. The molecule has 0 aliphatic heterocycles. The minimum absolute atomic E-state index is 0.0425. The van der Waals surface area contributed by atoms with E-state index >= 15 is 0 Å². The van der Waals surface area contributed by atoms with Gasteiger partial charge in [-0.1, -0.05) is 60.7 Å². The van der Waals surface area contributed by atoms with Crippen molar-refractivity contribution >= 4 is 23.9 Å². The van der Waals surface area contributed by atoms with E-state index < -0.39 is 41.6 Å². The third-order valence-electron chi connectivity index (χ3n) is 4.83. The Labute approximate surface area is 205 Å². The molecule has 9 heteroatoms. The van der Waals surface area contributed by atoms with Crippen LogP contribution in [0.5, 0.6) is 0 Å². The Balaban J connectivity index is 1.99. The number of alkyl carbamates (subject to hydrolysis) is 1. The van der Waals surface area contributed by atoms with Crippen molar-refractivity contribution in [3.05, 3.63) is 71.8 Å². The highest BCUT2D eigenvalue weighted by Gasteiger charge is 2.28. The minimum Gasteiger partial charge on any atom is -0.461 e. The maximum atomic E-state index is 13.0. The monoisotopic (exact) mass is 483 g/mol.